The van der Waals surface area contributed by atoms with Gasteiger partial charge in [-0.2, -0.15) is 10.2 Å². The average Bonchev–Trinajstić information content (AvgIpc) is 3.87. The van der Waals surface area contributed by atoms with Gasteiger partial charge in [0.15, 0.2) is 0 Å². The third kappa shape index (κ3) is 7.26. The number of carbonyl (C=O) groups is 4. The first kappa shape index (κ1) is 36.9. The van der Waals surface area contributed by atoms with Gasteiger partial charge < -0.3 is 20.2 Å². The van der Waals surface area contributed by atoms with E-state index in [0.717, 1.165) is 22.4 Å². The lowest BCUT2D eigenvalue weighted by Gasteiger charge is -2.13. The second-order valence-corrected chi connectivity index (χ2v) is 12.1. The highest BCUT2D eigenvalue weighted by Crippen LogP contribution is 2.25. The van der Waals surface area contributed by atoms with E-state index in [2.05, 4.69) is 31.1 Å². The van der Waals surface area contributed by atoms with Crippen LogP contribution in [-0.4, -0.2) is 69.3 Å². The van der Waals surface area contributed by atoms with Gasteiger partial charge in [-0.05, 0) is 89.1 Å². The zero-order valence-electron chi connectivity index (χ0n) is 29.1. The number of hydrogen-bond acceptors (Lipinski definition) is 8. The van der Waals surface area contributed by atoms with Crippen molar-refractivity contribution >= 4 is 57.6 Å². The van der Waals surface area contributed by atoms with Crippen molar-refractivity contribution in [2.24, 2.45) is 5.73 Å². The zero-order valence-corrected chi connectivity index (χ0v) is 29.1. The van der Waals surface area contributed by atoms with Gasteiger partial charge in [0.2, 0.25) is 17.8 Å². The Morgan fingerprint density at radius 3 is 1.54 bits per heavy atom. The van der Waals surface area contributed by atoms with E-state index < -0.39 is 5.91 Å². The van der Waals surface area contributed by atoms with Crippen LogP contribution in [0.2, 0.25) is 0 Å². The molecule has 0 aliphatic carbocycles. The molecule has 0 radical (unpaired) electrons. The van der Waals surface area contributed by atoms with Gasteiger partial charge in [0, 0.05) is 44.4 Å². The second kappa shape index (κ2) is 15.3. The molecule has 272 valence electrons. The molecule has 4 amide bonds. The van der Waals surface area contributed by atoms with Crippen LogP contribution in [0.25, 0.3) is 22.1 Å². The van der Waals surface area contributed by atoms with Gasteiger partial charge in [0.05, 0.1) is 33.5 Å². The molecule has 52 heavy (non-hydrogen) atoms. The second-order valence-electron chi connectivity index (χ2n) is 12.1. The van der Waals surface area contributed by atoms with Crippen molar-refractivity contribution in [1.29, 1.82) is 0 Å². The highest BCUT2D eigenvalue weighted by atomic mass is 16.2. The number of unbranched alkanes of at least 4 members (excludes halogenated alkanes) is 1. The molecule has 0 saturated carbocycles. The van der Waals surface area contributed by atoms with Gasteiger partial charge >= 0.3 is 0 Å². The fourth-order valence-corrected chi connectivity index (χ4v) is 6.15. The summed E-state index contributed by atoms with van der Waals surface area (Å²) in [5, 5.41) is 17.3. The van der Waals surface area contributed by atoms with Crippen molar-refractivity contribution in [3.8, 4) is 0 Å². The highest BCUT2D eigenvalue weighted by Gasteiger charge is 2.21. The van der Waals surface area contributed by atoms with Crippen molar-refractivity contribution in [2.45, 2.75) is 74.1 Å². The number of nitrogens with one attached hydrogen (secondary N) is 3. The minimum absolute atomic E-state index is 0. The van der Waals surface area contributed by atoms with E-state index in [0.29, 0.717) is 84.5 Å². The number of anilines is 2. The van der Waals surface area contributed by atoms with Gasteiger partial charge in [-0.3, -0.25) is 39.2 Å². The number of nitrogens with two attached hydrogens (primary N) is 1. The molecular formula is C36H44N12O4. The smallest absolute Gasteiger partial charge is 0.276 e. The topological polar surface area (TPSA) is 202 Å². The predicted octanol–water partition coefficient (Wildman–Crippen LogP) is 4.52. The molecule has 0 aliphatic heterocycles. The zero-order chi connectivity index (χ0) is 36.4. The molecular weight excluding hydrogens is 664 g/mol. The number of primary amides is 1. The van der Waals surface area contributed by atoms with E-state index in [9.17, 15) is 19.2 Å². The first-order valence-corrected chi connectivity index (χ1v) is 16.7. The third-order valence-corrected chi connectivity index (χ3v) is 8.60. The summed E-state index contributed by atoms with van der Waals surface area (Å²) in [5.41, 5.74) is 11.1. The summed E-state index contributed by atoms with van der Waals surface area (Å²) >= 11 is 0. The van der Waals surface area contributed by atoms with Crippen molar-refractivity contribution in [2.75, 3.05) is 17.7 Å². The Labute approximate surface area is 300 Å². The molecule has 6 rings (SSSR count). The fraction of sp³-hybridized carbons (Fsp3) is 0.333. The number of aryl methyl sites for hydroxylation is 6. The summed E-state index contributed by atoms with van der Waals surface area (Å²) in [6, 6.07) is 13.7. The molecule has 16 nitrogen and oxygen atoms in total. The number of amides is 4. The summed E-state index contributed by atoms with van der Waals surface area (Å²) in [7, 11) is 1.56. The Bertz CT molecular complexity index is 2310. The summed E-state index contributed by atoms with van der Waals surface area (Å²) in [4.78, 5) is 60.5. The Balaban J connectivity index is 0.00000523. The third-order valence-electron chi connectivity index (χ3n) is 8.60. The molecule has 6 aromatic rings. The molecule has 16 heteroatoms. The van der Waals surface area contributed by atoms with E-state index in [-0.39, 0.29) is 25.1 Å². The summed E-state index contributed by atoms with van der Waals surface area (Å²) in [6.07, 6.45) is 1.29. The molecule has 4 aromatic heterocycles. The summed E-state index contributed by atoms with van der Waals surface area (Å²) in [6.45, 7) is 9.48. The van der Waals surface area contributed by atoms with E-state index in [4.69, 9.17) is 10.7 Å². The molecule has 0 atom stereocenters. The normalized spacial score (nSPS) is 11.1. The van der Waals surface area contributed by atoms with Crippen LogP contribution in [0.1, 0.15) is 87.2 Å². The van der Waals surface area contributed by atoms with Crippen LogP contribution >= 0.6 is 0 Å². The molecule has 4 heterocycles. The number of benzene rings is 2. The van der Waals surface area contributed by atoms with Gasteiger partial charge in [0.1, 0.15) is 11.4 Å². The maximum absolute atomic E-state index is 13.4. The molecule has 2 aromatic carbocycles. The number of hydrogen-bond donors (Lipinski definition) is 4. The van der Waals surface area contributed by atoms with Crippen molar-refractivity contribution in [3.05, 3.63) is 82.4 Å². The van der Waals surface area contributed by atoms with E-state index in [1.165, 1.54) is 0 Å². The maximum atomic E-state index is 13.4. The quantitative estimate of drug-likeness (QED) is 0.125. The SMILES string of the molecule is C.CCn1nc(C)cc1C(=O)Nc1nc2cc(C(N)=O)ccc2n1CCCCn1c(NC(=O)c2cc(C)nn2CC)nc2cc(C(=O)NC)ccc21. The van der Waals surface area contributed by atoms with Gasteiger partial charge in [-0.15, -0.1) is 0 Å². The lowest BCUT2D eigenvalue weighted by molar-refractivity contribution is 0.0960. The number of fused-ring (bicyclic) bond motifs is 2. The molecule has 0 fully saturated rings. The standard InChI is InChI=1S/C35H40N12O4.CH4/c1-6-46-28(16-20(3)42-46)32(50)40-34-38-24-18-22(30(36)48)10-12-26(24)44(34)14-8-9-15-45-27-13-11-23(31(49)37-5)19-25(27)39-35(45)41-33(51)29-17-21(4)43-47(29)7-2;/h10-13,16-19H,6-9,14-15H2,1-5H3,(H2,36,48)(H,37,49)(H,38,40,50)(H,39,41,51);1H4. The highest BCUT2D eigenvalue weighted by molar-refractivity contribution is 6.04. The predicted molar refractivity (Wildman–Crippen MR) is 199 cm³/mol. The van der Waals surface area contributed by atoms with Gasteiger partial charge in [-0.25, -0.2) is 9.97 Å². The first-order chi connectivity index (χ1) is 24.5. The molecule has 5 N–H and O–H groups in total. The minimum atomic E-state index is -0.577. The summed E-state index contributed by atoms with van der Waals surface area (Å²) < 4.78 is 7.08. The van der Waals surface area contributed by atoms with Crippen LogP contribution in [0.15, 0.2) is 48.5 Å². The number of rotatable bonds is 13. The molecule has 0 unspecified atom stereocenters. The van der Waals surface area contributed by atoms with Crippen molar-refractivity contribution in [3.63, 3.8) is 0 Å². The number of aromatic nitrogens is 8. The number of imidazole rings is 2. The minimum Gasteiger partial charge on any atom is -0.366 e. The largest absolute Gasteiger partial charge is 0.366 e. The van der Waals surface area contributed by atoms with E-state index in [1.54, 1.807) is 58.9 Å². The number of carbonyl (C=O) groups excluding carboxylic acids is 4. The van der Waals surface area contributed by atoms with Crippen LogP contribution in [0, 0.1) is 13.8 Å². The molecule has 0 bridgehead atoms. The van der Waals surface area contributed by atoms with Gasteiger partial charge in [0.25, 0.3) is 17.7 Å². The van der Waals surface area contributed by atoms with Crippen LogP contribution in [0.4, 0.5) is 11.9 Å². The van der Waals surface area contributed by atoms with Crippen molar-refractivity contribution < 1.29 is 19.2 Å². The van der Waals surface area contributed by atoms with Crippen LogP contribution < -0.4 is 21.7 Å². The first-order valence-electron chi connectivity index (χ1n) is 16.7. The summed E-state index contributed by atoms with van der Waals surface area (Å²) in [5.74, 6) is -0.860. The van der Waals surface area contributed by atoms with Crippen molar-refractivity contribution in [1.82, 2.24) is 44.0 Å². The molecule has 0 spiro atoms. The van der Waals surface area contributed by atoms with Crippen LogP contribution in [0.3, 0.4) is 0 Å². The fourth-order valence-electron chi connectivity index (χ4n) is 6.15. The van der Waals surface area contributed by atoms with Crippen LogP contribution in [0.5, 0.6) is 0 Å². The maximum Gasteiger partial charge on any atom is 0.276 e. The Hall–Kier alpha value is -6.32. The Kier molecular flexibility index (Phi) is 10.9. The monoisotopic (exact) mass is 708 g/mol. The van der Waals surface area contributed by atoms with E-state index in [1.807, 2.05) is 42.9 Å². The van der Waals surface area contributed by atoms with Gasteiger partial charge in [-0.1, -0.05) is 7.43 Å². The Morgan fingerprint density at radius 1 is 0.673 bits per heavy atom. The number of nitrogens with zero attached hydrogens (tertiary/aromatic N) is 8. The molecule has 0 aliphatic rings. The van der Waals surface area contributed by atoms with Crippen LogP contribution in [-0.2, 0) is 26.2 Å². The van der Waals surface area contributed by atoms with E-state index >= 15 is 0 Å². The average molecular weight is 709 g/mol. The molecule has 0 saturated heterocycles. The lowest BCUT2D eigenvalue weighted by Crippen LogP contribution is -2.20. The Morgan fingerprint density at radius 2 is 1.12 bits per heavy atom. The lowest BCUT2D eigenvalue weighted by atomic mass is 10.2.